The molecule has 11 atom stereocenters. The first-order valence-corrected chi connectivity index (χ1v) is 21.9. The van der Waals surface area contributed by atoms with Crippen LogP contribution in [0.1, 0.15) is 98.0 Å². The van der Waals surface area contributed by atoms with Gasteiger partial charge < -0.3 is 53.8 Å². The number of aliphatic hydroxyl groups excluding tert-OH is 2. The molecule has 0 spiro atoms. The predicted molar refractivity (Wildman–Crippen MR) is 233 cm³/mol. The molecular formula is C49H61NO16. The average Bonchev–Trinajstić information content (AvgIpc) is 3.23. The van der Waals surface area contributed by atoms with E-state index in [1.54, 1.807) is 83.1 Å². The monoisotopic (exact) mass is 919 g/mol. The third-order valence-corrected chi connectivity index (χ3v) is 13.3. The number of allylic oxidation sites excluding steroid dienone is 1. The summed E-state index contributed by atoms with van der Waals surface area (Å²) in [5, 5.41) is 40.1. The number of nitrogens with one attached hydrogen (secondary N) is 1. The van der Waals surface area contributed by atoms with Crippen LogP contribution in [-0.4, -0.2) is 117 Å². The molecule has 6 rings (SSSR count). The molecule has 1 saturated heterocycles. The molecule has 0 unspecified atom stereocenters. The molecule has 2 saturated carbocycles. The number of hydrogen-bond acceptors (Lipinski definition) is 16. The molecule has 3 fully saturated rings. The van der Waals surface area contributed by atoms with E-state index in [-0.39, 0.29) is 36.3 Å². The largest absolute Gasteiger partial charge is 0.509 e. The quantitative estimate of drug-likeness (QED) is 0.128. The summed E-state index contributed by atoms with van der Waals surface area (Å²) in [6.45, 7) is 14.7. The molecule has 1 amide bonds. The number of alkyl carbamates (subject to hydrolysis) is 1. The third kappa shape index (κ3) is 9.35. The van der Waals surface area contributed by atoms with Gasteiger partial charge in [-0.1, -0.05) is 74.0 Å². The van der Waals surface area contributed by atoms with Gasteiger partial charge in [0.15, 0.2) is 23.6 Å². The van der Waals surface area contributed by atoms with Crippen LogP contribution < -0.4 is 5.32 Å². The summed E-state index contributed by atoms with van der Waals surface area (Å²) >= 11 is 0. The lowest BCUT2D eigenvalue weighted by Crippen LogP contribution is -2.82. The highest BCUT2D eigenvalue weighted by molar-refractivity contribution is 5.95. The SMILES string of the molecule is CC(=O)O[C@@]12CO[C@@H]1C[C@H](O)[C@@]1(C)C(=O)[C@H](OC(=O)OCc3ccccc3)C3=C(C)[C@@H](OC(=O)[C@H](O)[C@H](C=C(C)C)NC(=O)OC(C)(C)C)C[C@@](O)([C@@H](OC(=O)c4ccccc4)[C@H]21)C3(C)C. The maximum Gasteiger partial charge on any atom is 0.509 e. The van der Waals surface area contributed by atoms with Gasteiger partial charge in [0.25, 0.3) is 0 Å². The first-order chi connectivity index (χ1) is 30.8. The molecule has 4 N–H and O–H groups in total. The van der Waals surface area contributed by atoms with Crippen LogP contribution in [0.15, 0.2) is 83.5 Å². The number of hydrogen-bond donors (Lipinski definition) is 4. The van der Waals surface area contributed by atoms with Crippen LogP contribution in [0.4, 0.5) is 9.59 Å². The Bertz CT molecular complexity index is 2260. The zero-order valence-corrected chi connectivity index (χ0v) is 38.9. The third-order valence-electron chi connectivity index (χ3n) is 13.3. The van der Waals surface area contributed by atoms with E-state index >= 15 is 4.79 Å². The van der Waals surface area contributed by atoms with E-state index in [0.717, 1.165) is 6.92 Å². The molecule has 17 heteroatoms. The summed E-state index contributed by atoms with van der Waals surface area (Å²) in [4.78, 5) is 84.2. The van der Waals surface area contributed by atoms with Crippen LogP contribution in [0.25, 0.3) is 0 Å². The Balaban J connectivity index is 1.54. The minimum atomic E-state index is -2.46. The molecule has 2 bridgehead atoms. The van der Waals surface area contributed by atoms with Gasteiger partial charge in [0.2, 0.25) is 0 Å². The summed E-state index contributed by atoms with van der Waals surface area (Å²) in [5.41, 5.74) is -7.82. The summed E-state index contributed by atoms with van der Waals surface area (Å²) in [6.07, 6.45) is -11.8. The highest BCUT2D eigenvalue weighted by atomic mass is 16.7. The molecule has 17 nitrogen and oxygen atoms in total. The molecule has 0 aromatic heterocycles. The molecule has 1 heterocycles. The zero-order chi connectivity index (χ0) is 48.7. The van der Waals surface area contributed by atoms with Crippen molar-refractivity contribution in [3.05, 3.63) is 94.6 Å². The summed E-state index contributed by atoms with van der Waals surface area (Å²) < 4.78 is 41.4. The van der Waals surface area contributed by atoms with E-state index in [0.29, 0.717) is 11.1 Å². The Labute approximate surface area is 383 Å². The van der Waals surface area contributed by atoms with Crippen LogP contribution in [0.2, 0.25) is 0 Å². The number of esters is 3. The van der Waals surface area contributed by atoms with Crippen molar-refractivity contribution in [1.29, 1.82) is 0 Å². The van der Waals surface area contributed by atoms with Gasteiger partial charge in [-0.2, -0.15) is 0 Å². The number of aliphatic hydroxyl groups is 3. The molecule has 4 aliphatic rings. The summed E-state index contributed by atoms with van der Waals surface area (Å²) in [7, 11) is 0. The fraction of sp³-hybridized carbons (Fsp3) is 0.551. The minimum Gasteiger partial charge on any atom is -0.456 e. The number of rotatable bonds is 11. The lowest BCUT2D eigenvalue weighted by atomic mass is 9.44. The lowest BCUT2D eigenvalue weighted by Gasteiger charge is -2.67. The number of benzene rings is 2. The topological polar surface area (TPSA) is 240 Å². The predicted octanol–water partition coefficient (Wildman–Crippen LogP) is 5.21. The number of fused-ring (bicyclic) bond motifs is 5. The second-order valence-corrected chi connectivity index (χ2v) is 19.6. The molecule has 2 aromatic carbocycles. The van der Waals surface area contributed by atoms with Crippen molar-refractivity contribution in [1.82, 2.24) is 5.32 Å². The van der Waals surface area contributed by atoms with Crippen LogP contribution in [0, 0.1) is 16.7 Å². The van der Waals surface area contributed by atoms with E-state index in [4.69, 9.17) is 33.2 Å². The molecule has 66 heavy (non-hydrogen) atoms. The maximum atomic E-state index is 15.8. The number of ketones is 1. The van der Waals surface area contributed by atoms with E-state index < -0.39 is 119 Å². The van der Waals surface area contributed by atoms with Crippen molar-refractivity contribution >= 4 is 35.9 Å². The van der Waals surface area contributed by atoms with Crippen LogP contribution in [0.5, 0.6) is 0 Å². The molecular weight excluding hydrogens is 859 g/mol. The van der Waals surface area contributed by atoms with E-state index in [1.165, 1.54) is 45.9 Å². The zero-order valence-electron chi connectivity index (χ0n) is 38.9. The van der Waals surface area contributed by atoms with Gasteiger partial charge in [0.1, 0.15) is 36.1 Å². The van der Waals surface area contributed by atoms with Gasteiger partial charge in [0, 0.05) is 25.2 Å². The van der Waals surface area contributed by atoms with Gasteiger partial charge in [-0.25, -0.2) is 19.2 Å². The average molecular weight is 920 g/mol. The Morgan fingerprint density at radius 2 is 1.56 bits per heavy atom. The van der Waals surface area contributed by atoms with E-state index in [9.17, 15) is 39.3 Å². The van der Waals surface area contributed by atoms with E-state index in [2.05, 4.69) is 5.32 Å². The summed E-state index contributed by atoms with van der Waals surface area (Å²) in [5.74, 6) is -5.59. The summed E-state index contributed by atoms with van der Waals surface area (Å²) in [6, 6.07) is 15.1. The van der Waals surface area contributed by atoms with Crippen molar-refractivity contribution in [2.75, 3.05) is 6.61 Å². The molecule has 3 aliphatic carbocycles. The fourth-order valence-corrected chi connectivity index (χ4v) is 10.1. The number of amides is 1. The van der Waals surface area contributed by atoms with Crippen molar-refractivity contribution < 1.29 is 77.2 Å². The number of Topliss-reactive ketones (excluding diaryl/α,β-unsaturated/α-hetero) is 1. The molecule has 0 radical (unpaired) electrons. The second kappa shape index (κ2) is 18.6. The second-order valence-electron chi connectivity index (χ2n) is 19.6. The standard InChI is InChI=1S/C49H61NO16/c1-26(2)21-31(50-43(57)66-45(5,6)7)36(53)42(56)62-32-23-49(59)40(64-41(55)30-19-15-12-16-20-30)38-47(10,33(52)22-34-48(38,25-61-34)65-28(4)51)39(54)37(35(27(32)3)46(49,8)9)63-44(58)60-24-29-17-13-11-14-18-29/h11-21,31-34,36-38,40,52-53,59H,22-25H2,1-10H3,(H,50,57)/t31-,32-,33-,34+,36+,37+,38-,40-,47+,48-,49+/m0/s1. The highest BCUT2D eigenvalue weighted by Gasteiger charge is 2.78. The maximum absolute atomic E-state index is 15.8. The van der Waals surface area contributed by atoms with Gasteiger partial charge in [-0.05, 0) is 77.3 Å². The molecule has 358 valence electrons. The Hall–Kier alpha value is -5.62. The van der Waals surface area contributed by atoms with Crippen molar-refractivity contribution in [2.24, 2.45) is 16.7 Å². The van der Waals surface area contributed by atoms with Gasteiger partial charge in [0.05, 0.1) is 35.6 Å². The Morgan fingerprint density at radius 1 is 0.939 bits per heavy atom. The molecule has 2 aromatic rings. The smallest absolute Gasteiger partial charge is 0.456 e. The van der Waals surface area contributed by atoms with Gasteiger partial charge >= 0.3 is 30.2 Å². The number of ether oxygens (including phenoxy) is 7. The fourth-order valence-electron chi connectivity index (χ4n) is 10.1. The minimum absolute atomic E-state index is 0.0485. The van der Waals surface area contributed by atoms with Crippen LogP contribution >= 0.6 is 0 Å². The van der Waals surface area contributed by atoms with Crippen LogP contribution in [0.3, 0.4) is 0 Å². The first-order valence-electron chi connectivity index (χ1n) is 21.9. The number of carbonyl (C=O) groups is 6. The van der Waals surface area contributed by atoms with Gasteiger partial charge in [-0.3, -0.25) is 9.59 Å². The van der Waals surface area contributed by atoms with Gasteiger partial charge in [-0.15, -0.1) is 0 Å². The van der Waals surface area contributed by atoms with Crippen molar-refractivity contribution in [2.45, 2.75) is 148 Å². The van der Waals surface area contributed by atoms with Crippen molar-refractivity contribution in [3.63, 3.8) is 0 Å². The lowest BCUT2D eigenvalue weighted by molar-refractivity contribution is -0.346. The Kier molecular flexibility index (Phi) is 14.0. The normalized spacial score (nSPS) is 30.8. The van der Waals surface area contributed by atoms with E-state index in [1.807, 2.05) is 0 Å². The Morgan fingerprint density at radius 3 is 2.12 bits per heavy atom. The van der Waals surface area contributed by atoms with Crippen molar-refractivity contribution in [3.8, 4) is 0 Å². The number of carbonyl (C=O) groups excluding carboxylic acids is 6. The van der Waals surface area contributed by atoms with Crippen LogP contribution in [-0.2, 0) is 54.1 Å². The molecule has 1 aliphatic heterocycles. The highest BCUT2D eigenvalue weighted by Crippen LogP contribution is 2.64. The first kappa shape index (κ1) is 49.8.